The predicted octanol–water partition coefficient (Wildman–Crippen LogP) is 2.05. The van der Waals surface area contributed by atoms with Gasteiger partial charge in [-0.05, 0) is 28.8 Å². The maximum atomic E-state index is 12.1. The highest BCUT2D eigenvalue weighted by molar-refractivity contribution is 5.97. The summed E-state index contributed by atoms with van der Waals surface area (Å²) in [4.78, 5) is 28.0. The van der Waals surface area contributed by atoms with Crippen molar-refractivity contribution in [3.63, 3.8) is 0 Å². The van der Waals surface area contributed by atoms with Gasteiger partial charge in [0.25, 0.3) is 11.7 Å². The maximum absolute atomic E-state index is 12.1. The van der Waals surface area contributed by atoms with E-state index in [9.17, 15) is 14.9 Å². The van der Waals surface area contributed by atoms with Gasteiger partial charge in [-0.25, -0.2) is 0 Å². The molecule has 0 bridgehead atoms. The second-order valence-electron chi connectivity index (χ2n) is 5.09. The van der Waals surface area contributed by atoms with Crippen LogP contribution in [0, 0.1) is 10.1 Å². The molecule has 1 fully saturated rings. The molecule has 0 spiro atoms. The Bertz CT molecular complexity index is 555. The fourth-order valence-corrected chi connectivity index (χ4v) is 2.86. The van der Waals surface area contributed by atoms with E-state index < -0.39 is 4.92 Å². The van der Waals surface area contributed by atoms with Gasteiger partial charge in [-0.2, -0.15) is 0 Å². The van der Waals surface area contributed by atoms with Crippen molar-refractivity contribution in [2.24, 2.45) is 0 Å². The average molecular weight is 277 g/mol. The lowest BCUT2D eigenvalue weighted by Gasteiger charge is -2.34. The lowest BCUT2D eigenvalue weighted by molar-refractivity contribution is -0.389. The molecule has 20 heavy (non-hydrogen) atoms. The maximum Gasteiger partial charge on any atom is 0.366 e. The van der Waals surface area contributed by atoms with Gasteiger partial charge in [0.1, 0.15) is 0 Å². The summed E-state index contributed by atoms with van der Waals surface area (Å²) in [5.74, 6) is 0.309. The van der Waals surface area contributed by atoms with Gasteiger partial charge in [-0.15, -0.1) is 0 Å². The molecule has 0 aromatic carbocycles. The van der Waals surface area contributed by atoms with Crippen molar-refractivity contribution < 1.29 is 14.5 Å². The van der Waals surface area contributed by atoms with E-state index in [1.807, 2.05) is 0 Å². The van der Waals surface area contributed by atoms with Crippen molar-refractivity contribution in [2.75, 3.05) is 11.5 Å². The molecule has 1 aliphatic heterocycles. The fourth-order valence-electron chi connectivity index (χ4n) is 2.86. The Labute approximate surface area is 115 Å². The third-order valence-corrected chi connectivity index (χ3v) is 3.80. The number of ether oxygens (including phenoxy) is 1. The van der Waals surface area contributed by atoms with Crippen LogP contribution in [0.2, 0.25) is 0 Å². The van der Waals surface area contributed by atoms with Crippen molar-refractivity contribution in [1.82, 2.24) is 4.98 Å². The van der Waals surface area contributed by atoms with E-state index >= 15 is 0 Å². The van der Waals surface area contributed by atoms with Crippen LogP contribution >= 0.6 is 0 Å². The molecule has 3 rings (SSSR count). The molecule has 0 unspecified atom stereocenters. The monoisotopic (exact) mass is 277 g/mol. The number of amides is 1. The van der Waals surface area contributed by atoms with Crippen molar-refractivity contribution in [3.8, 4) is 5.75 Å². The van der Waals surface area contributed by atoms with Crippen molar-refractivity contribution >= 4 is 17.5 Å². The standard InChI is InChI=1S/C13H15N3O4/c17-12-8-20-10-6-7-11(16(18)19)14-13(10)15(12)9-4-2-1-3-5-9/h6-7,9H,1-5,8H2. The van der Waals surface area contributed by atoms with Crippen LogP contribution in [0.3, 0.4) is 0 Å². The first-order valence-corrected chi connectivity index (χ1v) is 6.77. The molecule has 1 saturated carbocycles. The molecule has 106 valence electrons. The first kappa shape index (κ1) is 12.8. The minimum atomic E-state index is -0.557. The highest BCUT2D eigenvalue weighted by atomic mass is 16.6. The third-order valence-electron chi connectivity index (χ3n) is 3.80. The van der Waals surface area contributed by atoms with Gasteiger partial charge < -0.3 is 14.9 Å². The number of anilines is 1. The molecule has 2 aliphatic rings. The molecule has 1 amide bonds. The Morgan fingerprint density at radius 1 is 1.30 bits per heavy atom. The van der Waals surface area contributed by atoms with Crippen molar-refractivity contribution in [3.05, 3.63) is 22.2 Å². The molecule has 0 N–H and O–H groups in total. The number of fused-ring (bicyclic) bond motifs is 1. The normalized spacial score (nSPS) is 19.4. The zero-order chi connectivity index (χ0) is 14.1. The first-order valence-electron chi connectivity index (χ1n) is 6.77. The summed E-state index contributed by atoms with van der Waals surface area (Å²) < 4.78 is 5.32. The SMILES string of the molecule is O=C1COc2ccc([N+](=O)[O-])nc2N1C1CCCCC1. The second kappa shape index (κ2) is 5.07. The lowest BCUT2D eigenvalue weighted by atomic mass is 9.94. The molecular weight excluding hydrogens is 262 g/mol. The zero-order valence-electron chi connectivity index (χ0n) is 10.9. The van der Waals surface area contributed by atoms with E-state index in [1.165, 1.54) is 18.6 Å². The van der Waals surface area contributed by atoms with Gasteiger partial charge in [0, 0.05) is 12.1 Å². The molecular formula is C13H15N3O4. The molecule has 1 aromatic rings. The zero-order valence-corrected chi connectivity index (χ0v) is 10.9. The minimum Gasteiger partial charge on any atom is -0.477 e. The molecule has 0 saturated heterocycles. The quantitative estimate of drug-likeness (QED) is 0.610. The smallest absolute Gasteiger partial charge is 0.366 e. The Hall–Kier alpha value is -2.18. The van der Waals surface area contributed by atoms with Crippen LogP contribution in [0.15, 0.2) is 12.1 Å². The van der Waals surface area contributed by atoms with Crippen LogP contribution < -0.4 is 9.64 Å². The minimum absolute atomic E-state index is 0.0248. The summed E-state index contributed by atoms with van der Waals surface area (Å²) in [6.07, 6.45) is 5.13. The van der Waals surface area contributed by atoms with Crippen LogP contribution in [0.4, 0.5) is 11.6 Å². The number of hydrogen-bond donors (Lipinski definition) is 0. The Kier molecular flexibility index (Phi) is 3.25. The summed E-state index contributed by atoms with van der Waals surface area (Å²) in [6.45, 7) is -0.0248. The van der Waals surface area contributed by atoms with Gasteiger partial charge in [-0.1, -0.05) is 19.3 Å². The van der Waals surface area contributed by atoms with Crippen LogP contribution in [0.25, 0.3) is 0 Å². The molecule has 7 nitrogen and oxygen atoms in total. The van der Waals surface area contributed by atoms with Gasteiger partial charge in [0.05, 0.1) is 0 Å². The number of nitrogens with zero attached hydrogens (tertiary/aromatic N) is 3. The van der Waals surface area contributed by atoms with Gasteiger partial charge in [0.2, 0.25) is 0 Å². The average Bonchev–Trinajstić information content (AvgIpc) is 2.47. The van der Waals surface area contributed by atoms with E-state index in [-0.39, 0.29) is 24.4 Å². The number of nitro groups is 1. The van der Waals surface area contributed by atoms with E-state index in [1.54, 1.807) is 4.90 Å². The Morgan fingerprint density at radius 2 is 2.05 bits per heavy atom. The van der Waals surface area contributed by atoms with Crippen LogP contribution in [-0.2, 0) is 4.79 Å². The number of carbonyl (C=O) groups excluding carboxylic acids is 1. The van der Waals surface area contributed by atoms with Crippen molar-refractivity contribution in [1.29, 1.82) is 0 Å². The largest absolute Gasteiger partial charge is 0.477 e. The third kappa shape index (κ3) is 2.19. The Balaban J connectivity index is 2.00. The predicted molar refractivity (Wildman–Crippen MR) is 70.7 cm³/mol. The highest BCUT2D eigenvalue weighted by Gasteiger charge is 2.37. The van der Waals surface area contributed by atoms with Crippen LogP contribution in [0.5, 0.6) is 5.75 Å². The number of carbonyl (C=O) groups is 1. The van der Waals surface area contributed by atoms with E-state index in [4.69, 9.17) is 4.74 Å². The number of rotatable bonds is 2. The fraction of sp³-hybridized carbons (Fsp3) is 0.538. The second-order valence-corrected chi connectivity index (χ2v) is 5.09. The molecule has 1 aliphatic carbocycles. The lowest BCUT2D eigenvalue weighted by Crippen LogP contribution is -2.47. The molecule has 0 radical (unpaired) electrons. The molecule has 2 heterocycles. The molecule has 7 heteroatoms. The summed E-state index contributed by atoms with van der Waals surface area (Å²) in [5.41, 5.74) is 0. The summed E-state index contributed by atoms with van der Waals surface area (Å²) >= 11 is 0. The highest BCUT2D eigenvalue weighted by Crippen LogP contribution is 2.36. The summed E-state index contributed by atoms with van der Waals surface area (Å²) in [6, 6.07) is 2.89. The number of pyridine rings is 1. The van der Waals surface area contributed by atoms with Gasteiger partial charge >= 0.3 is 5.82 Å². The van der Waals surface area contributed by atoms with Crippen LogP contribution in [0.1, 0.15) is 32.1 Å². The van der Waals surface area contributed by atoms with E-state index in [0.717, 1.165) is 25.7 Å². The topological polar surface area (TPSA) is 85.6 Å². The van der Waals surface area contributed by atoms with Gasteiger partial charge in [0.15, 0.2) is 12.4 Å². The van der Waals surface area contributed by atoms with Crippen molar-refractivity contribution in [2.45, 2.75) is 38.1 Å². The molecule has 1 aromatic heterocycles. The Morgan fingerprint density at radius 3 is 2.75 bits per heavy atom. The molecule has 0 atom stereocenters. The number of hydrogen-bond acceptors (Lipinski definition) is 5. The summed E-state index contributed by atoms with van der Waals surface area (Å²) in [5, 5.41) is 10.8. The number of aromatic nitrogens is 1. The first-order chi connectivity index (χ1) is 9.66. The summed E-state index contributed by atoms with van der Waals surface area (Å²) in [7, 11) is 0. The van der Waals surface area contributed by atoms with E-state index in [2.05, 4.69) is 4.98 Å². The van der Waals surface area contributed by atoms with E-state index in [0.29, 0.717) is 11.6 Å². The van der Waals surface area contributed by atoms with Crippen LogP contribution in [-0.4, -0.2) is 28.5 Å². The van der Waals surface area contributed by atoms with Gasteiger partial charge in [-0.3, -0.25) is 9.69 Å².